The van der Waals surface area contributed by atoms with Gasteiger partial charge in [-0.2, -0.15) is 0 Å². The van der Waals surface area contributed by atoms with Gasteiger partial charge < -0.3 is 19.9 Å². The first kappa shape index (κ1) is 21.9. The zero-order valence-electron chi connectivity index (χ0n) is 17.6. The van der Waals surface area contributed by atoms with Crippen LogP contribution in [0.5, 0.6) is 11.5 Å². The van der Waals surface area contributed by atoms with Crippen LogP contribution in [0.3, 0.4) is 0 Å². The van der Waals surface area contributed by atoms with E-state index in [1.165, 1.54) is 23.5 Å². The number of aromatic carboxylic acids is 1. The van der Waals surface area contributed by atoms with Crippen molar-refractivity contribution in [2.24, 2.45) is 0 Å². The lowest BCUT2D eigenvalue weighted by Crippen LogP contribution is -2.04. The molecule has 0 aliphatic heterocycles. The van der Waals surface area contributed by atoms with Crippen molar-refractivity contribution in [2.45, 2.75) is 13.5 Å². The number of ether oxygens (including phenoxy) is 2. The molecule has 2 aromatic carbocycles. The molecule has 164 valence electrons. The number of fused-ring (bicyclic) bond motifs is 1. The van der Waals surface area contributed by atoms with Gasteiger partial charge in [-0.1, -0.05) is 29.8 Å². The molecule has 2 aromatic heterocycles. The highest BCUT2D eigenvalue weighted by Crippen LogP contribution is 2.39. The maximum Gasteiger partial charge on any atom is 0.335 e. The van der Waals surface area contributed by atoms with Crippen LogP contribution < -0.4 is 14.8 Å². The summed E-state index contributed by atoms with van der Waals surface area (Å²) in [5.74, 6) is 1.41. The summed E-state index contributed by atoms with van der Waals surface area (Å²) in [6.07, 6.45) is 0. The van der Waals surface area contributed by atoms with E-state index in [0.717, 1.165) is 20.7 Å². The summed E-state index contributed by atoms with van der Waals surface area (Å²) in [4.78, 5) is 22.2. The van der Waals surface area contributed by atoms with Crippen molar-refractivity contribution in [1.29, 1.82) is 0 Å². The highest BCUT2D eigenvalue weighted by atomic mass is 35.5. The molecule has 0 bridgehead atoms. The second-order valence-corrected chi connectivity index (χ2v) is 8.55. The van der Waals surface area contributed by atoms with Crippen molar-refractivity contribution in [3.63, 3.8) is 0 Å². The number of methoxy groups -OCH3 is 2. The number of hydrogen-bond acceptors (Lipinski definition) is 7. The Labute approximate surface area is 193 Å². The highest BCUT2D eigenvalue weighted by molar-refractivity contribution is 7.19. The number of nitrogens with zero attached hydrogens (tertiary/aromatic N) is 2. The van der Waals surface area contributed by atoms with Gasteiger partial charge in [0.25, 0.3) is 0 Å². The first-order chi connectivity index (χ1) is 15.4. The minimum Gasteiger partial charge on any atom is -0.493 e. The Morgan fingerprint density at radius 1 is 1.09 bits per heavy atom. The Hall–Kier alpha value is -3.36. The number of anilines is 1. The van der Waals surface area contributed by atoms with Crippen LogP contribution in [0.4, 0.5) is 5.82 Å². The number of carboxylic acids is 1. The fourth-order valence-corrected chi connectivity index (χ4v) is 4.54. The van der Waals surface area contributed by atoms with E-state index in [1.54, 1.807) is 26.4 Å². The van der Waals surface area contributed by atoms with E-state index in [-0.39, 0.29) is 5.56 Å². The monoisotopic (exact) mass is 469 g/mol. The third kappa shape index (κ3) is 4.19. The second-order valence-electron chi connectivity index (χ2n) is 6.97. The number of aryl methyl sites for hydroxylation is 1. The quantitative estimate of drug-likeness (QED) is 0.361. The Kier molecular flexibility index (Phi) is 6.16. The van der Waals surface area contributed by atoms with Crippen molar-refractivity contribution in [2.75, 3.05) is 19.5 Å². The van der Waals surface area contributed by atoms with Gasteiger partial charge in [-0.25, -0.2) is 14.8 Å². The van der Waals surface area contributed by atoms with E-state index in [9.17, 15) is 4.79 Å². The molecule has 0 fully saturated rings. The minimum absolute atomic E-state index is 0.205. The molecule has 0 aliphatic carbocycles. The summed E-state index contributed by atoms with van der Waals surface area (Å²) >= 11 is 8.05. The smallest absolute Gasteiger partial charge is 0.335 e. The molecule has 7 nitrogen and oxygen atoms in total. The van der Waals surface area contributed by atoms with E-state index < -0.39 is 5.97 Å². The Balaban J connectivity index is 1.72. The number of halogens is 1. The molecule has 2 heterocycles. The van der Waals surface area contributed by atoms with Crippen LogP contribution in [-0.4, -0.2) is 35.3 Å². The number of carboxylic acid groups (broad SMARTS) is 1. The summed E-state index contributed by atoms with van der Waals surface area (Å²) < 4.78 is 10.7. The molecule has 9 heteroatoms. The number of thiophene rings is 1. The van der Waals surface area contributed by atoms with Crippen molar-refractivity contribution in [3.8, 4) is 22.9 Å². The molecule has 32 heavy (non-hydrogen) atoms. The van der Waals surface area contributed by atoms with Gasteiger partial charge in [-0.3, -0.25) is 0 Å². The van der Waals surface area contributed by atoms with Crippen LogP contribution in [0, 0.1) is 6.92 Å². The summed E-state index contributed by atoms with van der Waals surface area (Å²) in [5, 5.41) is 13.9. The molecule has 0 spiro atoms. The Morgan fingerprint density at radius 2 is 1.81 bits per heavy atom. The lowest BCUT2D eigenvalue weighted by atomic mass is 10.1. The average Bonchev–Trinajstić information content (AvgIpc) is 3.10. The fraction of sp³-hybridized carbons (Fsp3) is 0.174. The molecule has 4 rings (SSSR count). The van der Waals surface area contributed by atoms with Crippen LogP contribution in [0.15, 0.2) is 42.5 Å². The SMILES string of the molecule is COc1ccc(CNc2nc(-c3ccc(C(=O)O)cc3)nc3sc(C)c(Cl)c23)cc1OC. The first-order valence-electron chi connectivity index (χ1n) is 9.66. The lowest BCUT2D eigenvalue weighted by Gasteiger charge is -2.12. The van der Waals surface area contributed by atoms with Gasteiger partial charge in [0.15, 0.2) is 17.3 Å². The van der Waals surface area contributed by atoms with Gasteiger partial charge in [0, 0.05) is 17.0 Å². The van der Waals surface area contributed by atoms with Crippen molar-refractivity contribution >= 4 is 44.9 Å². The van der Waals surface area contributed by atoms with Crippen LogP contribution in [0.2, 0.25) is 5.02 Å². The number of rotatable bonds is 7. The van der Waals surface area contributed by atoms with Crippen LogP contribution in [0.1, 0.15) is 20.8 Å². The van der Waals surface area contributed by atoms with E-state index in [1.807, 2.05) is 25.1 Å². The first-order valence-corrected chi connectivity index (χ1v) is 10.9. The van der Waals surface area contributed by atoms with E-state index in [4.69, 9.17) is 31.2 Å². The predicted molar refractivity (Wildman–Crippen MR) is 126 cm³/mol. The molecule has 2 N–H and O–H groups in total. The molecule has 4 aromatic rings. The summed E-state index contributed by atoms with van der Waals surface area (Å²) in [5.41, 5.74) is 1.90. The summed E-state index contributed by atoms with van der Waals surface area (Å²) in [6, 6.07) is 12.2. The average molecular weight is 470 g/mol. The Bertz CT molecular complexity index is 1310. The number of aromatic nitrogens is 2. The third-order valence-electron chi connectivity index (χ3n) is 4.95. The van der Waals surface area contributed by atoms with E-state index >= 15 is 0 Å². The normalized spacial score (nSPS) is 10.9. The van der Waals surface area contributed by atoms with Crippen LogP contribution >= 0.6 is 22.9 Å². The zero-order chi connectivity index (χ0) is 22.8. The minimum atomic E-state index is -0.981. The second kappa shape index (κ2) is 9.02. The van der Waals surface area contributed by atoms with Gasteiger partial charge in [-0.15, -0.1) is 11.3 Å². The van der Waals surface area contributed by atoms with Crippen LogP contribution in [0.25, 0.3) is 21.6 Å². The molecule has 0 aliphatic rings. The van der Waals surface area contributed by atoms with Crippen molar-refractivity contribution < 1.29 is 19.4 Å². The number of hydrogen-bond donors (Lipinski definition) is 2. The maximum atomic E-state index is 11.2. The van der Waals surface area contributed by atoms with Gasteiger partial charge in [-0.05, 0) is 36.8 Å². The third-order valence-corrected chi connectivity index (χ3v) is 6.54. The standard InChI is InChI=1S/C23H20ClN3O4S/c1-12-19(24)18-21(25-11-13-4-9-16(30-2)17(10-13)31-3)26-20(27-22(18)32-12)14-5-7-15(8-6-14)23(28)29/h4-10H,11H2,1-3H3,(H,28,29)(H,25,26,27). The fourth-order valence-electron chi connectivity index (χ4n) is 3.27. The van der Waals surface area contributed by atoms with Gasteiger partial charge in [0.1, 0.15) is 10.6 Å². The van der Waals surface area contributed by atoms with Gasteiger partial charge >= 0.3 is 5.97 Å². The van der Waals surface area contributed by atoms with Gasteiger partial charge in [0.2, 0.25) is 0 Å². The van der Waals surface area contributed by atoms with Crippen molar-refractivity contribution in [1.82, 2.24) is 9.97 Å². The topological polar surface area (TPSA) is 93.6 Å². The molecule has 0 atom stereocenters. The largest absolute Gasteiger partial charge is 0.493 e. The highest BCUT2D eigenvalue weighted by Gasteiger charge is 2.17. The molecule has 0 amide bonds. The maximum absolute atomic E-state index is 11.2. The summed E-state index contributed by atoms with van der Waals surface area (Å²) in [7, 11) is 3.19. The Morgan fingerprint density at radius 3 is 2.47 bits per heavy atom. The predicted octanol–water partition coefficient (Wildman–Crippen LogP) is 5.65. The van der Waals surface area contributed by atoms with Crippen molar-refractivity contribution in [3.05, 3.63) is 63.5 Å². The molecular formula is C23H20ClN3O4S. The van der Waals surface area contributed by atoms with Crippen LogP contribution in [-0.2, 0) is 6.54 Å². The number of nitrogens with one attached hydrogen (secondary N) is 1. The van der Waals surface area contributed by atoms with E-state index in [0.29, 0.717) is 40.3 Å². The zero-order valence-corrected chi connectivity index (χ0v) is 19.2. The van der Waals surface area contributed by atoms with Gasteiger partial charge in [0.05, 0.1) is 30.2 Å². The summed E-state index contributed by atoms with van der Waals surface area (Å²) in [6.45, 7) is 2.42. The molecule has 0 radical (unpaired) electrons. The molecule has 0 saturated heterocycles. The lowest BCUT2D eigenvalue weighted by molar-refractivity contribution is 0.0697. The molecule has 0 unspecified atom stereocenters. The number of benzene rings is 2. The molecular weight excluding hydrogens is 450 g/mol. The van der Waals surface area contributed by atoms with E-state index in [2.05, 4.69) is 10.3 Å². The number of carbonyl (C=O) groups is 1. The molecule has 0 saturated carbocycles.